The molecule has 0 N–H and O–H groups in total. The SMILES string of the molecule is CCCCCCCCCC/C=C/C1CC(=O)N(c2ccc(Cc3ccc(N4C(=O)C=CC4=O)c(CC)c3)cc2CC)C1=O.CCc1cc(Cc2ccc(N3C(=O)C=CC3=O)c(CC)c2)ccc1N1C(=O)C=CC1=O. The maximum absolute atomic E-state index is 13.3. The third kappa shape index (κ3) is 12.6. The van der Waals surface area contributed by atoms with E-state index in [0.717, 1.165) is 57.3 Å². The zero-order valence-electron chi connectivity index (χ0n) is 43.5. The Morgan fingerprint density at radius 2 is 0.716 bits per heavy atom. The minimum absolute atomic E-state index is 0.136. The fourth-order valence-electron chi connectivity index (χ4n) is 10.1. The maximum Gasteiger partial charge on any atom is 0.258 e. The van der Waals surface area contributed by atoms with E-state index in [9.17, 15) is 38.4 Å². The Labute approximate surface area is 435 Å². The Bertz CT molecular complexity index is 2810. The van der Waals surface area contributed by atoms with Crippen molar-refractivity contribution in [1.29, 1.82) is 0 Å². The smallest absolute Gasteiger partial charge is 0.258 e. The fraction of sp³-hybridized carbons (Fsp3) is 0.355. The van der Waals surface area contributed by atoms with E-state index in [-0.39, 0.29) is 59.6 Å². The van der Waals surface area contributed by atoms with Crippen LogP contribution < -0.4 is 19.6 Å². The molecule has 74 heavy (non-hydrogen) atoms. The van der Waals surface area contributed by atoms with Gasteiger partial charge in [-0.2, -0.15) is 0 Å². The van der Waals surface area contributed by atoms with Gasteiger partial charge in [-0.25, -0.2) is 19.6 Å². The van der Waals surface area contributed by atoms with Gasteiger partial charge in [-0.15, -0.1) is 0 Å². The number of aryl methyl sites for hydroxylation is 4. The van der Waals surface area contributed by atoms with E-state index in [0.29, 0.717) is 61.3 Å². The van der Waals surface area contributed by atoms with Crippen LogP contribution in [-0.4, -0.2) is 47.3 Å². The molecule has 1 unspecified atom stereocenters. The molecule has 4 aromatic rings. The van der Waals surface area contributed by atoms with Gasteiger partial charge in [-0.1, -0.05) is 140 Å². The van der Waals surface area contributed by atoms with Gasteiger partial charge in [0.1, 0.15) is 0 Å². The van der Waals surface area contributed by atoms with Crippen molar-refractivity contribution in [3.8, 4) is 0 Å². The molecule has 12 nitrogen and oxygen atoms in total. The molecule has 0 radical (unpaired) electrons. The summed E-state index contributed by atoms with van der Waals surface area (Å²) in [4.78, 5) is 104. The number of hydrogen-bond acceptors (Lipinski definition) is 8. The molecule has 0 spiro atoms. The average Bonchev–Trinajstić information content (AvgIpc) is 4.12. The Kier molecular flexibility index (Phi) is 18.6. The number of imide groups is 4. The highest BCUT2D eigenvalue weighted by Crippen LogP contribution is 2.34. The highest BCUT2D eigenvalue weighted by atomic mass is 16.2. The number of benzene rings is 4. The van der Waals surface area contributed by atoms with Crippen LogP contribution in [0.15, 0.2) is 121 Å². The molecule has 8 amide bonds. The van der Waals surface area contributed by atoms with Gasteiger partial charge in [0.25, 0.3) is 35.4 Å². The van der Waals surface area contributed by atoms with E-state index < -0.39 is 0 Å². The summed E-state index contributed by atoms with van der Waals surface area (Å²) in [6.45, 7) is 10.3. The molecule has 384 valence electrons. The van der Waals surface area contributed by atoms with E-state index in [1.54, 1.807) is 0 Å². The van der Waals surface area contributed by atoms with Crippen molar-refractivity contribution in [3.05, 3.63) is 166 Å². The van der Waals surface area contributed by atoms with Gasteiger partial charge in [0, 0.05) is 42.9 Å². The third-order valence-corrected chi connectivity index (χ3v) is 14.1. The van der Waals surface area contributed by atoms with Gasteiger partial charge in [0.15, 0.2) is 0 Å². The summed E-state index contributed by atoms with van der Waals surface area (Å²) in [6.07, 6.45) is 27.2. The molecule has 0 bridgehead atoms. The normalized spacial score (nSPS) is 16.4. The molecule has 1 atom stereocenters. The molecule has 4 aliphatic heterocycles. The summed E-state index contributed by atoms with van der Waals surface area (Å²) in [7, 11) is 0. The van der Waals surface area contributed by atoms with Gasteiger partial charge in [-0.3, -0.25) is 38.4 Å². The Hall–Kier alpha value is -7.60. The lowest BCUT2D eigenvalue weighted by atomic mass is 9.97. The number of nitrogens with zero attached hydrogens (tertiary/aromatic N) is 4. The number of hydrogen-bond donors (Lipinski definition) is 0. The number of carbonyl (C=O) groups excluding carboxylic acids is 8. The highest BCUT2D eigenvalue weighted by molar-refractivity contribution is 6.30. The molecule has 0 aromatic heterocycles. The summed E-state index contributed by atoms with van der Waals surface area (Å²) < 4.78 is 0. The fourth-order valence-corrected chi connectivity index (χ4v) is 10.1. The topological polar surface area (TPSA) is 150 Å². The summed E-state index contributed by atoms with van der Waals surface area (Å²) in [6, 6.07) is 23.3. The first-order chi connectivity index (χ1) is 35.8. The number of rotatable bonds is 22. The van der Waals surface area contributed by atoms with Crippen molar-refractivity contribution in [2.75, 3.05) is 19.6 Å². The molecule has 1 saturated heterocycles. The Morgan fingerprint density at radius 1 is 0.405 bits per heavy atom. The van der Waals surface area contributed by atoms with Crippen LogP contribution in [0, 0.1) is 5.92 Å². The van der Waals surface area contributed by atoms with E-state index >= 15 is 0 Å². The second-order valence-corrected chi connectivity index (χ2v) is 19.2. The minimum Gasteiger partial charge on any atom is -0.274 e. The van der Waals surface area contributed by atoms with Crippen molar-refractivity contribution < 1.29 is 38.4 Å². The van der Waals surface area contributed by atoms with Gasteiger partial charge in [0.05, 0.1) is 28.7 Å². The predicted molar refractivity (Wildman–Crippen MR) is 291 cm³/mol. The number of carbonyl (C=O) groups is 8. The van der Waals surface area contributed by atoms with Crippen molar-refractivity contribution in [1.82, 2.24) is 0 Å². The van der Waals surface area contributed by atoms with Crippen molar-refractivity contribution in [3.63, 3.8) is 0 Å². The Morgan fingerprint density at radius 3 is 1.04 bits per heavy atom. The summed E-state index contributed by atoms with van der Waals surface area (Å²) in [5, 5.41) is 0. The number of amides is 8. The molecule has 4 aliphatic rings. The van der Waals surface area contributed by atoms with E-state index in [2.05, 4.69) is 19.1 Å². The van der Waals surface area contributed by atoms with Crippen LogP contribution in [0.1, 0.15) is 143 Å². The van der Waals surface area contributed by atoms with Crippen LogP contribution in [0.4, 0.5) is 22.7 Å². The lowest BCUT2D eigenvalue weighted by molar-refractivity contribution is -0.123. The van der Waals surface area contributed by atoms with Crippen molar-refractivity contribution >= 4 is 70.0 Å². The molecule has 0 saturated carbocycles. The van der Waals surface area contributed by atoms with Crippen molar-refractivity contribution in [2.45, 2.75) is 137 Å². The van der Waals surface area contributed by atoms with Crippen LogP contribution in [0.5, 0.6) is 0 Å². The van der Waals surface area contributed by atoms with Crippen LogP contribution in [0.2, 0.25) is 0 Å². The van der Waals surface area contributed by atoms with Crippen LogP contribution >= 0.6 is 0 Å². The van der Waals surface area contributed by atoms with Gasteiger partial charge in [-0.05, 0) is 120 Å². The molecule has 4 aromatic carbocycles. The molecular formula is C62H68N4O8. The molecule has 0 aliphatic carbocycles. The first-order valence-corrected chi connectivity index (χ1v) is 26.5. The Balaban J connectivity index is 0.000000227. The number of anilines is 4. The van der Waals surface area contributed by atoms with E-state index in [4.69, 9.17) is 0 Å². The van der Waals surface area contributed by atoms with Crippen molar-refractivity contribution in [2.24, 2.45) is 5.92 Å². The second-order valence-electron chi connectivity index (χ2n) is 19.2. The summed E-state index contributed by atoms with van der Waals surface area (Å²) in [5.41, 5.74) is 10.6. The highest BCUT2D eigenvalue weighted by Gasteiger charge is 2.39. The third-order valence-electron chi connectivity index (χ3n) is 14.1. The maximum atomic E-state index is 13.3. The molecule has 8 rings (SSSR count). The monoisotopic (exact) mass is 997 g/mol. The zero-order valence-corrected chi connectivity index (χ0v) is 43.5. The largest absolute Gasteiger partial charge is 0.274 e. The minimum atomic E-state index is -0.388. The number of allylic oxidation sites excluding steroid dienone is 1. The summed E-state index contributed by atoms with van der Waals surface area (Å²) in [5.74, 6) is -2.59. The lowest BCUT2D eigenvalue weighted by Gasteiger charge is -2.20. The van der Waals surface area contributed by atoms with E-state index in [1.165, 1.54) is 101 Å². The molecule has 1 fully saturated rings. The number of unbranched alkanes of at least 4 members (excludes halogenated alkanes) is 8. The first-order valence-electron chi connectivity index (χ1n) is 26.5. The first kappa shape index (κ1) is 54.2. The summed E-state index contributed by atoms with van der Waals surface area (Å²) >= 11 is 0. The predicted octanol–water partition coefficient (Wildman–Crippen LogP) is 11.1. The molecular weight excluding hydrogens is 929 g/mol. The average molecular weight is 997 g/mol. The standard InChI is InChI=1S/C37H46N2O4.C25H22N2O4/c1-4-7-8-9-10-11-12-13-14-15-16-31-26-36(42)39(37(31)43)33-20-18-28(25-30(33)6-3)23-27-17-19-32(29(5-2)24-27)38-34(40)21-22-35(38)41;1-3-18-14-16(5-7-20(18)26-22(28)9-10-23(26)29)13-17-6-8-21(19(4-2)15-17)27-24(30)11-12-25(27)31/h15-22,24-25,31H,4-14,23,26H2,1-3H3;5-12,14-15H,3-4,13H2,1-2H3/b16-15+;. The van der Waals surface area contributed by atoms with E-state index in [1.807, 2.05) is 101 Å². The molecule has 4 heterocycles. The lowest BCUT2D eigenvalue weighted by Crippen LogP contribution is -2.31. The van der Waals surface area contributed by atoms with Crippen LogP contribution in [0.3, 0.4) is 0 Å². The van der Waals surface area contributed by atoms with Gasteiger partial charge >= 0.3 is 0 Å². The van der Waals surface area contributed by atoms with Gasteiger partial charge in [0.2, 0.25) is 11.8 Å². The van der Waals surface area contributed by atoms with Crippen LogP contribution in [-0.2, 0) is 76.9 Å². The van der Waals surface area contributed by atoms with Gasteiger partial charge < -0.3 is 0 Å². The molecule has 12 heteroatoms. The van der Waals surface area contributed by atoms with Crippen LogP contribution in [0.25, 0.3) is 0 Å². The zero-order chi connectivity index (χ0) is 52.9. The second kappa shape index (κ2) is 25.4. The quantitative estimate of drug-likeness (QED) is 0.0429.